The lowest BCUT2D eigenvalue weighted by Gasteiger charge is -2.11. The van der Waals surface area contributed by atoms with Crippen LogP contribution in [0.4, 0.5) is 0 Å². The fourth-order valence-electron chi connectivity index (χ4n) is 1.65. The first-order valence-electron chi connectivity index (χ1n) is 7.50. The van der Waals surface area contributed by atoms with Gasteiger partial charge in [-0.1, -0.05) is 26.8 Å². The first kappa shape index (κ1) is 17.1. The van der Waals surface area contributed by atoms with E-state index in [-0.39, 0.29) is 29.2 Å². The van der Waals surface area contributed by atoms with Crippen molar-refractivity contribution in [1.82, 2.24) is 15.6 Å². The Balaban J connectivity index is 2.67. The molecule has 0 aromatic carbocycles. The summed E-state index contributed by atoms with van der Waals surface area (Å²) in [6.07, 6.45) is 1.76. The van der Waals surface area contributed by atoms with Gasteiger partial charge in [0.2, 0.25) is 0 Å². The van der Waals surface area contributed by atoms with Crippen LogP contribution in [0.25, 0.3) is 0 Å². The summed E-state index contributed by atoms with van der Waals surface area (Å²) >= 11 is 0. The van der Waals surface area contributed by atoms with E-state index in [9.17, 15) is 9.59 Å². The van der Waals surface area contributed by atoms with Crippen LogP contribution in [-0.4, -0.2) is 29.4 Å². The molecule has 0 aliphatic rings. The van der Waals surface area contributed by atoms with Gasteiger partial charge in [0, 0.05) is 12.6 Å². The highest BCUT2D eigenvalue weighted by molar-refractivity contribution is 5.96. The molecular formula is C16H25N3O2. The van der Waals surface area contributed by atoms with Gasteiger partial charge in [-0.3, -0.25) is 9.59 Å². The summed E-state index contributed by atoms with van der Waals surface area (Å²) < 4.78 is 0. The molecule has 21 heavy (non-hydrogen) atoms. The summed E-state index contributed by atoms with van der Waals surface area (Å²) in [6.45, 7) is 8.74. The van der Waals surface area contributed by atoms with Crippen LogP contribution in [0.5, 0.6) is 0 Å². The molecule has 0 aliphatic carbocycles. The lowest BCUT2D eigenvalue weighted by atomic mass is 10.1. The Hall–Kier alpha value is -1.91. The van der Waals surface area contributed by atoms with Crippen LogP contribution in [0.15, 0.2) is 18.2 Å². The summed E-state index contributed by atoms with van der Waals surface area (Å²) in [5.41, 5.74) is 0.544. The third-order valence-corrected chi connectivity index (χ3v) is 3.21. The van der Waals surface area contributed by atoms with Crippen molar-refractivity contribution in [3.05, 3.63) is 29.6 Å². The average Bonchev–Trinajstić information content (AvgIpc) is 2.46. The number of hydrogen-bond donors (Lipinski definition) is 2. The molecule has 1 unspecified atom stereocenters. The van der Waals surface area contributed by atoms with Crippen LogP contribution in [0, 0.1) is 5.92 Å². The van der Waals surface area contributed by atoms with Crippen LogP contribution in [0.1, 0.15) is 61.5 Å². The number of amides is 2. The lowest BCUT2D eigenvalue weighted by Crippen LogP contribution is -2.33. The zero-order valence-electron chi connectivity index (χ0n) is 13.3. The standard InChI is InChI=1S/C16H25N3O2/c1-5-12(4)18-16(21)14-8-6-7-13(19-14)15(20)17-10-9-11(2)3/h6-8,11-12H,5,9-10H2,1-4H3,(H,17,20)(H,18,21). The fraction of sp³-hybridized carbons (Fsp3) is 0.562. The molecule has 0 spiro atoms. The van der Waals surface area contributed by atoms with Crippen molar-refractivity contribution in [2.75, 3.05) is 6.54 Å². The van der Waals surface area contributed by atoms with Gasteiger partial charge in [-0.25, -0.2) is 4.98 Å². The minimum Gasteiger partial charge on any atom is -0.351 e. The Morgan fingerprint density at radius 3 is 2.33 bits per heavy atom. The molecule has 0 saturated carbocycles. The third kappa shape index (κ3) is 5.94. The predicted molar refractivity (Wildman–Crippen MR) is 83.2 cm³/mol. The molecular weight excluding hydrogens is 266 g/mol. The van der Waals surface area contributed by atoms with Gasteiger partial charge in [0.1, 0.15) is 11.4 Å². The Morgan fingerprint density at radius 2 is 1.76 bits per heavy atom. The normalized spacial score (nSPS) is 12.0. The van der Waals surface area contributed by atoms with Crippen LogP contribution in [0.2, 0.25) is 0 Å². The number of carbonyl (C=O) groups is 2. The van der Waals surface area contributed by atoms with E-state index >= 15 is 0 Å². The number of nitrogens with one attached hydrogen (secondary N) is 2. The highest BCUT2D eigenvalue weighted by Gasteiger charge is 2.13. The number of aromatic nitrogens is 1. The molecule has 2 N–H and O–H groups in total. The summed E-state index contributed by atoms with van der Waals surface area (Å²) in [4.78, 5) is 28.1. The molecule has 0 bridgehead atoms. The topological polar surface area (TPSA) is 71.1 Å². The van der Waals surface area contributed by atoms with Crippen molar-refractivity contribution in [3.8, 4) is 0 Å². The number of carbonyl (C=O) groups excluding carboxylic acids is 2. The zero-order chi connectivity index (χ0) is 15.8. The molecule has 0 fully saturated rings. The van der Waals surface area contributed by atoms with E-state index in [1.807, 2.05) is 13.8 Å². The van der Waals surface area contributed by atoms with E-state index in [4.69, 9.17) is 0 Å². The van der Waals surface area contributed by atoms with Crippen molar-refractivity contribution in [1.29, 1.82) is 0 Å². The molecule has 1 rings (SSSR count). The van der Waals surface area contributed by atoms with Gasteiger partial charge in [0.25, 0.3) is 11.8 Å². The van der Waals surface area contributed by atoms with Crippen molar-refractivity contribution in [3.63, 3.8) is 0 Å². The van der Waals surface area contributed by atoms with Gasteiger partial charge in [0.05, 0.1) is 0 Å². The second-order valence-corrected chi connectivity index (χ2v) is 5.63. The molecule has 0 radical (unpaired) electrons. The van der Waals surface area contributed by atoms with E-state index in [1.165, 1.54) is 0 Å². The van der Waals surface area contributed by atoms with Crippen molar-refractivity contribution < 1.29 is 9.59 Å². The molecule has 0 saturated heterocycles. The maximum atomic E-state index is 12.0. The summed E-state index contributed by atoms with van der Waals surface area (Å²) in [5, 5.41) is 5.65. The van der Waals surface area contributed by atoms with Crippen molar-refractivity contribution >= 4 is 11.8 Å². The summed E-state index contributed by atoms with van der Waals surface area (Å²) in [7, 11) is 0. The first-order chi connectivity index (χ1) is 9.93. The predicted octanol–water partition coefficient (Wildman–Crippen LogP) is 2.39. The second-order valence-electron chi connectivity index (χ2n) is 5.63. The van der Waals surface area contributed by atoms with Gasteiger partial charge < -0.3 is 10.6 Å². The van der Waals surface area contributed by atoms with E-state index in [1.54, 1.807) is 18.2 Å². The molecule has 1 atom stereocenters. The summed E-state index contributed by atoms with van der Waals surface area (Å²) in [5.74, 6) is 0.0425. The minimum atomic E-state index is -0.249. The zero-order valence-corrected chi connectivity index (χ0v) is 13.3. The number of nitrogens with zero attached hydrogens (tertiary/aromatic N) is 1. The van der Waals surface area contributed by atoms with E-state index < -0.39 is 0 Å². The minimum absolute atomic E-state index is 0.0859. The maximum absolute atomic E-state index is 12.0. The monoisotopic (exact) mass is 291 g/mol. The molecule has 5 nitrogen and oxygen atoms in total. The third-order valence-electron chi connectivity index (χ3n) is 3.21. The lowest BCUT2D eigenvalue weighted by molar-refractivity contribution is 0.0933. The van der Waals surface area contributed by atoms with Gasteiger partial charge >= 0.3 is 0 Å². The highest BCUT2D eigenvalue weighted by Crippen LogP contribution is 2.02. The molecule has 0 aliphatic heterocycles. The summed E-state index contributed by atoms with van der Waals surface area (Å²) in [6, 6.07) is 4.99. The van der Waals surface area contributed by atoms with Gasteiger partial charge in [-0.2, -0.15) is 0 Å². The van der Waals surface area contributed by atoms with Crippen LogP contribution in [0.3, 0.4) is 0 Å². The number of hydrogen-bond acceptors (Lipinski definition) is 3. The molecule has 1 aromatic heterocycles. The van der Waals surface area contributed by atoms with E-state index in [2.05, 4.69) is 29.5 Å². The van der Waals surface area contributed by atoms with E-state index in [0.29, 0.717) is 12.5 Å². The van der Waals surface area contributed by atoms with Gasteiger partial charge in [-0.15, -0.1) is 0 Å². The van der Waals surface area contributed by atoms with Crippen LogP contribution < -0.4 is 10.6 Å². The largest absolute Gasteiger partial charge is 0.351 e. The van der Waals surface area contributed by atoms with Crippen molar-refractivity contribution in [2.24, 2.45) is 5.92 Å². The molecule has 1 aromatic rings. The van der Waals surface area contributed by atoms with Gasteiger partial charge in [0.15, 0.2) is 0 Å². The van der Waals surface area contributed by atoms with Crippen molar-refractivity contribution in [2.45, 2.75) is 46.6 Å². The Kier molecular flexibility index (Phi) is 6.85. The molecule has 2 amide bonds. The molecule has 5 heteroatoms. The second kappa shape index (κ2) is 8.39. The Morgan fingerprint density at radius 1 is 1.14 bits per heavy atom. The van der Waals surface area contributed by atoms with Crippen LogP contribution in [-0.2, 0) is 0 Å². The SMILES string of the molecule is CCC(C)NC(=O)c1cccc(C(=O)NCCC(C)C)n1. The molecule has 116 valence electrons. The molecule has 1 heterocycles. The number of rotatable bonds is 7. The fourth-order valence-corrected chi connectivity index (χ4v) is 1.65. The van der Waals surface area contributed by atoms with E-state index in [0.717, 1.165) is 12.8 Å². The smallest absolute Gasteiger partial charge is 0.270 e. The quantitative estimate of drug-likeness (QED) is 0.810. The average molecular weight is 291 g/mol. The maximum Gasteiger partial charge on any atom is 0.270 e. The first-order valence-corrected chi connectivity index (χ1v) is 7.50. The number of pyridine rings is 1. The highest BCUT2D eigenvalue weighted by atomic mass is 16.2. The Labute approximate surface area is 126 Å². The van der Waals surface area contributed by atoms with Gasteiger partial charge in [-0.05, 0) is 37.8 Å². The van der Waals surface area contributed by atoms with Crippen LogP contribution >= 0.6 is 0 Å². The Bertz CT molecular complexity index is 486.